The predicted octanol–water partition coefficient (Wildman–Crippen LogP) is 1.78. The van der Waals surface area contributed by atoms with E-state index >= 15 is 0 Å². The number of carboxylic acid groups (broad SMARTS) is 1. The average molecular weight is 207 g/mol. The van der Waals surface area contributed by atoms with Crippen LogP contribution < -0.4 is 0 Å². The van der Waals surface area contributed by atoms with Crippen LogP contribution >= 0.6 is 0 Å². The van der Waals surface area contributed by atoms with Gasteiger partial charge in [-0.05, 0) is 18.2 Å². The molecule has 2 N–H and O–H groups in total. The number of aromatic carboxylic acids is 1. The Balaban J connectivity index is 2.94. The molecule has 0 amide bonds. The van der Waals surface area contributed by atoms with Gasteiger partial charge >= 0.3 is 5.97 Å². The number of aromatic nitrogens is 1. The second kappa shape index (κ2) is 3.20. The van der Waals surface area contributed by atoms with Gasteiger partial charge in [0.2, 0.25) is 0 Å². The number of fused-ring (bicyclic) bond motifs is 1. The van der Waals surface area contributed by atoms with Crippen LogP contribution in [0.2, 0.25) is 0 Å². The largest absolute Gasteiger partial charge is 0.505 e. The standard InChI is InChI=1S/C10H6FNO3/c11-8-5-2-1-3-12-9(5)6(10(14)15)4-7(8)13/h1-4,13H,(H,14,15). The Kier molecular flexibility index (Phi) is 2.00. The fourth-order valence-corrected chi connectivity index (χ4v) is 1.37. The van der Waals surface area contributed by atoms with Gasteiger partial charge in [0.15, 0.2) is 11.6 Å². The highest BCUT2D eigenvalue weighted by molar-refractivity contribution is 6.02. The highest BCUT2D eigenvalue weighted by atomic mass is 19.1. The molecule has 0 aliphatic carbocycles. The number of hydrogen-bond donors (Lipinski definition) is 2. The summed E-state index contributed by atoms with van der Waals surface area (Å²) in [4.78, 5) is 14.6. The zero-order valence-corrected chi connectivity index (χ0v) is 7.44. The van der Waals surface area contributed by atoms with Crippen LogP contribution in [0.4, 0.5) is 4.39 Å². The van der Waals surface area contributed by atoms with Crippen LogP contribution in [0.3, 0.4) is 0 Å². The lowest BCUT2D eigenvalue weighted by molar-refractivity contribution is 0.0698. The molecule has 0 unspecified atom stereocenters. The molecule has 0 atom stereocenters. The van der Waals surface area contributed by atoms with E-state index in [9.17, 15) is 14.3 Å². The molecule has 1 aromatic heterocycles. The van der Waals surface area contributed by atoms with Crippen LogP contribution in [0.25, 0.3) is 10.9 Å². The molecule has 0 aliphatic rings. The molecule has 2 aromatic rings. The molecule has 4 nitrogen and oxygen atoms in total. The van der Waals surface area contributed by atoms with Crippen molar-refractivity contribution in [2.75, 3.05) is 0 Å². The summed E-state index contributed by atoms with van der Waals surface area (Å²) in [6, 6.07) is 3.69. The van der Waals surface area contributed by atoms with E-state index in [1.54, 1.807) is 0 Å². The topological polar surface area (TPSA) is 70.4 Å². The van der Waals surface area contributed by atoms with Gasteiger partial charge < -0.3 is 10.2 Å². The first-order chi connectivity index (χ1) is 7.11. The number of aromatic hydroxyl groups is 1. The van der Waals surface area contributed by atoms with Gasteiger partial charge in [0.05, 0.1) is 11.1 Å². The average Bonchev–Trinajstić information content (AvgIpc) is 2.23. The van der Waals surface area contributed by atoms with Crippen LogP contribution in [-0.4, -0.2) is 21.2 Å². The van der Waals surface area contributed by atoms with Crippen molar-refractivity contribution in [1.29, 1.82) is 0 Å². The minimum atomic E-state index is -1.26. The summed E-state index contributed by atoms with van der Waals surface area (Å²) in [5.41, 5.74) is -0.190. The number of pyridine rings is 1. The lowest BCUT2D eigenvalue weighted by Crippen LogP contribution is -2.00. The van der Waals surface area contributed by atoms with Crippen molar-refractivity contribution in [2.24, 2.45) is 0 Å². The lowest BCUT2D eigenvalue weighted by atomic mass is 10.1. The van der Waals surface area contributed by atoms with E-state index in [4.69, 9.17) is 5.11 Å². The number of hydrogen-bond acceptors (Lipinski definition) is 3. The van der Waals surface area contributed by atoms with Gasteiger partial charge in [-0.1, -0.05) is 0 Å². The van der Waals surface area contributed by atoms with Crippen molar-refractivity contribution in [3.8, 4) is 5.75 Å². The molecule has 1 heterocycles. The summed E-state index contributed by atoms with van der Waals surface area (Å²) >= 11 is 0. The summed E-state index contributed by atoms with van der Waals surface area (Å²) in [6.45, 7) is 0. The monoisotopic (exact) mass is 207 g/mol. The lowest BCUT2D eigenvalue weighted by Gasteiger charge is -2.04. The number of carboxylic acids is 1. The molecule has 0 aliphatic heterocycles. The first kappa shape index (κ1) is 9.39. The Hall–Kier alpha value is -2.17. The van der Waals surface area contributed by atoms with E-state index in [0.717, 1.165) is 6.07 Å². The first-order valence-corrected chi connectivity index (χ1v) is 4.10. The molecule has 0 saturated heterocycles. The Morgan fingerprint density at radius 1 is 1.47 bits per heavy atom. The first-order valence-electron chi connectivity index (χ1n) is 4.10. The number of phenolic OH excluding ortho intramolecular Hbond substituents is 1. The van der Waals surface area contributed by atoms with E-state index in [0.29, 0.717) is 0 Å². The molecule has 0 fully saturated rings. The van der Waals surface area contributed by atoms with Gasteiger partial charge in [0.25, 0.3) is 0 Å². The molecule has 0 spiro atoms. The Morgan fingerprint density at radius 2 is 2.20 bits per heavy atom. The Labute approximate surface area is 83.6 Å². The van der Waals surface area contributed by atoms with Crippen LogP contribution in [0, 0.1) is 5.82 Å². The number of phenols is 1. The van der Waals surface area contributed by atoms with E-state index < -0.39 is 17.5 Å². The summed E-state index contributed by atoms with van der Waals surface area (Å²) in [6.07, 6.45) is 1.37. The van der Waals surface area contributed by atoms with Gasteiger partial charge in [0, 0.05) is 11.6 Å². The van der Waals surface area contributed by atoms with Crippen LogP contribution in [-0.2, 0) is 0 Å². The van der Waals surface area contributed by atoms with Crippen LogP contribution in [0.15, 0.2) is 24.4 Å². The smallest absolute Gasteiger partial charge is 0.338 e. The summed E-state index contributed by atoms with van der Waals surface area (Å²) in [5, 5.41) is 18.0. The SMILES string of the molecule is O=C(O)c1cc(O)c(F)c2cccnc12. The quantitative estimate of drug-likeness (QED) is 0.747. The second-order valence-corrected chi connectivity index (χ2v) is 2.96. The molecular formula is C10H6FNO3. The molecule has 15 heavy (non-hydrogen) atoms. The molecule has 5 heteroatoms. The number of nitrogens with zero attached hydrogens (tertiary/aromatic N) is 1. The zero-order valence-electron chi connectivity index (χ0n) is 7.44. The van der Waals surface area contributed by atoms with Crippen molar-refractivity contribution < 1.29 is 19.4 Å². The Morgan fingerprint density at radius 3 is 2.87 bits per heavy atom. The number of carbonyl (C=O) groups is 1. The van der Waals surface area contributed by atoms with Crippen molar-refractivity contribution >= 4 is 16.9 Å². The fourth-order valence-electron chi connectivity index (χ4n) is 1.37. The van der Waals surface area contributed by atoms with Gasteiger partial charge in [0.1, 0.15) is 0 Å². The maximum atomic E-state index is 13.4. The third-order valence-corrected chi connectivity index (χ3v) is 2.04. The van der Waals surface area contributed by atoms with Crippen LogP contribution in [0.1, 0.15) is 10.4 Å². The molecule has 0 bridgehead atoms. The normalized spacial score (nSPS) is 10.5. The summed E-state index contributed by atoms with van der Waals surface area (Å²) in [5.74, 6) is -2.80. The highest BCUT2D eigenvalue weighted by Crippen LogP contribution is 2.27. The maximum absolute atomic E-state index is 13.4. The molecule has 0 saturated carbocycles. The molecule has 0 radical (unpaired) electrons. The van der Waals surface area contributed by atoms with E-state index in [1.807, 2.05) is 0 Å². The van der Waals surface area contributed by atoms with Crippen molar-refractivity contribution in [2.45, 2.75) is 0 Å². The van der Waals surface area contributed by atoms with Gasteiger partial charge in [-0.3, -0.25) is 4.98 Å². The fraction of sp³-hybridized carbons (Fsp3) is 0. The third-order valence-electron chi connectivity index (χ3n) is 2.04. The summed E-state index contributed by atoms with van der Waals surface area (Å²) < 4.78 is 13.4. The third kappa shape index (κ3) is 1.38. The predicted molar refractivity (Wildman–Crippen MR) is 50.3 cm³/mol. The van der Waals surface area contributed by atoms with E-state index in [1.165, 1.54) is 18.3 Å². The molecule has 76 valence electrons. The van der Waals surface area contributed by atoms with Gasteiger partial charge in [-0.25, -0.2) is 9.18 Å². The Bertz CT molecular complexity index is 554. The van der Waals surface area contributed by atoms with Gasteiger partial charge in [-0.15, -0.1) is 0 Å². The maximum Gasteiger partial charge on any atom is 0.338 e. The second-order valence-electron chi connectivity index (χ2n) is 2.96. The minimum absolute atomic E-state index is 0.00472. The van der Waals surface area contributed by atoms with Crippen molar-refractivity contribution in [1.82, 2.24) is 4.98 Å². The van der Waals surface area contributed by atoms with Crippen molar-refractivity contribution in [3.05, 3.63) is 35.8 Å². The van der Waals surface area contributed by atoms with E-state index in [-0.39, 0.29) is 16.5 Å². The minimum Gasteiger partial charge on any atom is -0.505 e. The molecule has 1 aromatic carbocycles. The highest BCUT2D eigenvalue weighted by Gasteiger charge is 2.16. The molecular weight excluding hydrogens is 201 g/mol. The molecule has 2 rings (SSSR count). The number of benzene rings is 1. The summed E-state index contributed by atoms with van der Waals surface area (Å²) in [7, 11) is 0. The zero-order chi connectivity index (χ0) is 11.0. The number of rotatable bonds is 1. The van der Waals surface area contributed by atoms with Gasteiger partial charge in [-0.2, -0.15) is 0 Å². The van der Waals surface area contributed by atoms with Crippen LogP contribution in [0.5, 0.6) is 5.75 Å². The number of halogens is 1. The van der Waals surface area contributed by atoms with E-state index in [2.05, 4.69) is 4.98 Å². The van der Waals surface area contributed by atoms with Crippen molar-refractivity contribution in [3.63, 3.8) is 0 Å².